The fourth-order valence-electron chi connectivity index (χ4n) is 2.74. The normalized spacial score (nSPS) is 17.7. The molecule has 1 amide bonds. The predicted octanol–water partition coefficient (Wildman–Crippen LogP) is 1.34. The van der Waals surface area contributed by atoms with E-state index < -0.39 is 5.41 Å². The van der Waals surface area contributed by atoms with Crippen LogP contribution in [0, 0.1) is 5.41 Å². The first-order valence-electron chi connectivity index (χ1n) is 7.15. The first-order valence-corrected chi connectivity index (χ1v) is 7.56. The van der Waals surface area contributed by atoms with Crippen LogP contribution in [0.15, 0.2) is 0 Å². The van der Waals surface area contributed by atoms with Crippen LogP contribution in [0.4, 0.5) is 0 Å². The molecule has 1 saturated carbocycles. The zero-order valence-electron chi connectivity index (χ0n) is 12.5. The molecule has 1 rings (SSSR count). The third-order valence-electron chi connectivity index (χ3n) is 4.01. The van der Waals surface area contributed by atoms with E-state index in [0.717, 1.165) is 32.1 Å². The molecule has 0 atom stereocenters. The van der Waals surface area contributed by atoms with Crippen molar-refractivity contribution in [2.24, 2.45) is 11.1 Å². The summed E-state index contributed by atoms with van der Waals surface area (Å²) in [5.74, 6) is 0.0406. The van der Waals surface area contributed by atoms with Crippen LogP contribution < -0.4 is 5.73 Å². The van der Waals surface area contributed by atoms with Crippen LogP contribution >= 0.6 is 12.2 Å². The summed E-state index contributed by atoms with van der Waals surface area (Å²) < 4.78 is 10.2. The van der Waals surface area contributed by atoms with Crippen molar-refractivity contribution in [1.82, 2.24) is 4.90 Å². The van der Waals surface area contributed by atoms with Gasteiger partial charge in [-0.25, -0.2) is 0 Å². The number of carbonyl (C=O) groups is 1. The second-order valence-electron chi connectivity index (χ2n) is 5.28. The highest BCUT2D eigenvalue weighted by molar-refractivity contribution is 7.80. The van der Waals surface area contributed by atoms with Gasteiger partial charge in [0.2, 0.25) is 5.91 Å². The van der Waals surface area contributed by atoms with Gasteiger partial charge in [0.05, 0.1) is 23.6 Å². The Hall–Kier alpha value is -0.720. The molecule has 0 unspecified atom stereocenters. The minimum Gasteiger partial charge on any atom is -0.392 e. The molecule has 6 heteroatoms. The highest BCUT2D eigenvalue weighted by Crippen LogP contribution is 2.38. The Bertz CT molecular complexity index is 322. The lowest BCUT2D eigenvalue weighted by Crippen LogP contribution is -2.53. The van der Waals surface area contributed by atoms with Crippen LogP contribution in [0.1, 0.15) is 32.1 Å². The van der Waals surface area contributed by atoms with Crippen LogP contribution in [0.3, 0.4) is 0 Å². The monoisotopic (exact) mass is 302 g/mol. The summed E-state index contributed by atoms with van der Waals surface area (Å²) in [5.41, 5.74) is 5.26. The summed E-state index contributed by atoms with van der Waals surface area (Å²) in [6, 6.07) is 0. The third kappa shape index (κ3) is 4.14. The maximum Gasteiger partial charge on any atom is 0.235 e. The van der Waals surface area contributed by atoms with E-state index in [2.05, 4.69) is 0 Å². The van der Waals surface area contributed by atoms with Crippen molar-refractivity contribution in [1.29, 1.82) is 0 Å². The summed E-state index contributed by atoms with van der Waals surface area (Å²) in [6.45, 7) is 2.10. The topological polar surface area (TPSA) is 64.8 Å². The van der Waals surface area contributed by atoms with Gasteiger partial charge in [-0.2, -0.15) is 0 Å². The number of carbonyl (C=O) groups excluding carboxylic acids is 1. The standard InChI is InChI=1S/C14H26N2O3S/c1-18-10-8-16(9-11-19-2)13(17)14(12(15)20)6-4-3-5-7-14/h3-11H2,1-2H3,(H2,15,20). The van der Waals surface area contributed by atoms with Crippen molar-refractivity contribution in [3.05, 3.63) is 0 Å². The minimum absolute atomic E-state index is 0.0406. The average Bonchev–Trinajstić information content (AvgIpc) is 2.47. The molecule has 0 bridgehead atoms. The van der Waals surface area contributed by atoms with E-state index in [9.17, 15) is 4.79 Å². The van der Waals surface area contributed by atoms with E-state index in [1.165, 1.54) is 0 Å². The van der Waals surface area contributed by atoms with Gasteiger partial charge in [-0.05, 0) is 12.8 Å². The lowest BCUT2D eigenvalue weighted by molar-refractivity contribution is -0.141. The first-order chi connectivity index (χ1) is 9.58. The average molecular weight is 302 g/mol. The van der Waals surface area contributed by atoms with Gasteiger partial charge in [0.15, 0.2) is 0 Å². The molecule has 1 fully saturated rings. The quantitative estimate of drug-likeness (QED) is 0.686. The molecule has 116 valence electrons. The Labute approximate surface area is 126 Å². The van der Waals surface area contributed by atoms with Crippen molar-refractivity contribution in [3.63, 3.8) is 0 Å². The van der Waals surface area contributed by atoms with Crippen molar-refractivity contribution < 1.29 is 14.3 Å². The molecule has 0 aromatic rings. The van der Waals surface area contributed by atoms with E-state index in [0.29, 0.717) is 31.3 Å². The largest absolute Gasteiger partial charge is 0.392 e. The molecule has 0 aromatic carbocycles. The Morgan fingerprint density at radius 3 is 2.05 bits per heavy atom. The van der Waals surface area contributed by atoms with Crippen LogP contribution in [-0.4, -0.2) is 56.3 Å². The van der Waals surface area contributed by atoms with Crippen LogP contribution in [0.5, 0.6) is 0 Å². The fraction of sp³-hybridized carbons (Fsp3) is 0.857. The summed E-state index contributed by atoms with van der Waals surface area (Å²) >= 11 is 5.22. The SMILES string of the molecule is COCCN(CCOC)C(=O)C1(C(N)=S)CCCCC1. The maximum atomic E-state index is 12.9. The molecule has 0 aliphatic heterocycles. The van der Waals surface area contributed by atoms with E-state index >= 15 is 0 Å². The molecule has 0 radical (unpaired) electrons. The highest BCUT2D eigenvalue weighted by atomic mass is 32.1. The van der Waals surface area contributed by atoms with E-state index in [4.69, 9.17) is 27.4 Å². The smallest absolute Gasteiger partial charge is 0.235 e. The van der Waals surface area contributed by atoms with Gasteiger partial charge in [0.1, 0.15) is 0 Å². The molecule has 0 heterocycles. The number of rotatable bonds is 8. The molecule has 20 heavy (non-hydrogen) atoms. The predicted molar refractivity (Wildman–Crippen MR) is 82.6 cm³/mol. The Morgan fingerprint density at radius 1 is 1.15 bits per heavy atom. The summed E-state index contributed by atoms with van der Waals surface area (Å²) in [6.07, 6.45) is 4.68. The number of nitrogens with two attached hydrogens (primary N) is 1. The molecule has 1 aliphatic rings. The number of ether oxygens (including phenoxy) is 2. The Kier molecular flexibility index (Phi) is 7.40. The van der Waals surface area contributed by atoms with Gasteiger partial charge < -0.3 is 20.1 Å². The van der Waals surface area contributed by atoms with Crippen LogP contribution in [-0.2, 0) is 14.3 Å². The molecule has 2 N–H and O–H groups in total. The Balaban J connectivity index is 2.84. The summed E-state index contributed by atoms with van der Waals surface area (Å²) in [5, 5.41) is 0. The zero-order chi connectivity index (χ0) is 15.0. The van der Waals surface area contributed by atoms with Crippen molar-refractivity contribution in [2.45, 2.75) is 32.1 Å². The lowest BCUT2D eigenvalue weighted by Gasteiger charge is -2.39. The molecule has 1 aliphatic carbocycles. The molecular formula is C14H26N2O3S. The van der Waals surface area contributed by atoms with Gasteiger partial charge in [-0.3, -0.25) is 4.79 Å². The van der Waals surface area contributed by atoms with E-state index in [1.807, 2.05) is 0 Å². The van der Waals surface area contributed by atoms with Gasteiger partial charge in [0.25, 0.3) is 0 Å². The number of thiocarbonyl (C=S) groups is 1. The second kappa shape index (κ2) is 8.54. The number of nitrogens with zero attached hydrogens (tertiary/aromatic N) is 1. The van der Waals surface area contributed by atoms with Crippen LogP contribution in [0.2, 0.25) is 0 Å². The molecule has 0 aromatic heterocycles. The van der Waals surface area contributed by atoms with Crippen molar-refractivity contribution in [2.75, 3.05) is 40.5 Å². The lowest BCUT2D eigenvalue weighted by atomic mass is 9.73. The van der Waals surface area contributed by atoms with Crippen molar-refractivity contribution >= 4 is 23.1 Å². The minimum atomic E-state index is -0.658. The van der Waals surface area contributed by atoms with Gasteiger partial charge in [-0.1, -0.05) is 31.5 Å². The first kappa shape index (κ1) is 17.3. The molecular weight excluding hydrogens is 276 g/mol. The van der Waals surface area contributed by atoms with Crippen molar-refractivity contribution in [3.8, 4) is 0 Å². The molecule has 0 spiro atoms. The highest BCUT2D eigenvalue weighted by Gasteiger charge is 2.44. The number of hydrogen-bond acceptors (Lipinski definition) is 4. The Morgan fingerprint density at radius 2 is 1.65 bits per heavy atom. The van der Waals surface area contributed by atoms with Gasteiger partial charge in [-0.15, -0.1) is 0 Å². The zero-order valence-corrected chi connectivity index (χ0v) is 13.3. The fourth-order valence-corrected chi connectivity index (χ4v) is 3.03. The van der Waals surface area contributed by atoms with Crippen LogP contribution in [0.25, 0.3) is 0 Å². The number of hydrogen-bond donors (Lipinski definition) is 1. The summed E-state index contributed by atoms with van der Waals surface area (Å²) in [7, 11) is 3.26. The van der Waals surface area contributed by atoms with E-state index in [1.54, 1.807) is 19.1 Å². The maximum absolute atomic E-state index is 12.9. The van der Waals surface area contributed by atoms with Gasteiger partial charge >= 0.3 is 0 Å². The third-order valence-corrected chi connectivity index (χ3v) is 4.40. The summed E-state index contributed by atoms with van der Waals surface area (Å²) in [4.78, 5) is 15.0. The molecule has 0 saturated heterocycles. The second-order valence-corrected chi connectivity index (χ2v) is 5.72. The van der Waals surface area contributed by atoms with E-state index in [-0.39, 0.29) is 5.91 Å². The number of amides is 1. The number of methoxy groups -OCH3 is 2. The molecule has 5 nitrogen and oxygen atoms in total. The van der Waals surface area contributed by atoms with Gasteiger partial charge in [0, 0.05) is 27.3 Å².